The monoisotopic (exact) mass is 308 g/mol. The van der Waals surface area contributed by atoms with Crippen LogP contribution in [0, 0.1) is 0 Å². The molecule has 0 bridgehead atoms. The average Bonchev–Trinajstić information content (AvgIpc) is 3.19. The summed E-state index contributed by atoms with van der Waals surface area (Å²) in [4.78, 5) is 25.6. The summed E-state index contributed by atoms with van der Waals surface area (Å²) in [5.41, 5.74) is 0. The Morgan fingerprint density at radius 3 is 2.33 bits per heavy atom. The highest BCUT2D eigenvalue weighted by Gasteiger charge is 2.44. The topological polar surface area (TPSA) is 60.9 Å². The van der Waals surface area contributed by atoms with E-state index in [1.165, 1.54) is 0 Å². The zero-order chi connectivity index (χ0) is 15.6. The number of alkyl halides is 3. The summed E-state index contributed by atoms with van der Waals surface area (Å²) in [5, 5.41) is 9.22. The van der Waals surface area contributed by atoms with Crippen molar-refractivity contribution in [2.75, 3.05) is 13.1 Å². The smallest absolute Gasteiger partial charge is 0.406 e. The van der Waals surface area contributed by atoms with E-state index in [9.17, 15) is 27.9 Å². The van der Waals surface area contributed by atoms with Gasteiger partial charge >= 0.3 is 18.2 Å². The summed E-state index contributed by atoms with van der Waals surface area (Å²) in [6.45, 7) is -1.10. The predicted molar refractivity (Wildman–Crippen MR) is 67.8 cm³/mol. The molecule has 1 N–H and O–H groups in total. The number of halogens is 3. The third kappa shape index (κ3) is 4.25. The number of urea groups is 1. The summed E-state index contributed by atoms with van der Waals surface area (Å²) in [5.74, 6) is -1.15. The molecule has 1 aliphatic carbocycles. The Bertz CT molecular complexity index is 410. The lowest BCUT2D eigenvalue weighted by Gasteiger charge is -2.33. The van der Waals surface area contributed by atoms with Gasteiger partial charge in [0, 0.05) is 12.6 Å². The molecule has 2 rings (SSSR count). The summed E-state index contributed by atoms with van der Waals surface area (Å²) < 4.78 is 37.9. The standard InChI is InChI=1S/C13H19F3N2O3/c14-13(15,16)8-18(9-5-6-9)12(21)17-7-3-1-2-4-10(17)11(19)20/h9-10H,1-8H2,(H,19,20). The molecule has 120 valence electrons. The number of carboxylic acid groups (broad SMARTS) is 1. The zero-order valence-electron chi connectivity index (χ0n) is 11.6. The maximum atomic E-state index is 12.6. The van der Waals surface area contributed by atoms with Crippen molar-refractivity contribution in [1.82, 2.24) is 9.80 Å². The van der Waals surface area contributed by atoms with Crippen molar-refractivity contribution in [3.05, 3.63) is 0 Å². The Hall–Kier alpha value is -1.47. The van der Waals surface area contributed by atoms with Gasteiger partial charge in [-0.25, -0.2) is 9.59 Å². The van der Waals surface area contributed by atoms with E-state index >= 15 is 0 Å². The molecule has 0 radical (unpaired) electrons. The van der Waals surface area contributed by atoms with Crippen LogP contribution < -0.4 is 0 Å². The normalized spacial score (nSPS) is 23.6. The first kappa shape index (κ1) is 15.9. The van der Waals surface area contributed by atoms with Gasteiger partial charge in [0.25, 0.3) is 0 Å². The van der Waals surface area contributed by atoms with Gasteiger partial charge in [0.05, 0.1) is 0 Å². The molecule has 0 spiro atoms. The molecular formula is C13H19F3N2O3. The molecule has 8 heteroatoms. The maximum Gasteiger partial charge on any atom is 0.406 e. The van der Waals surface area contributed by atoms with Crippen molar-refractivity contribution in [2.45, 2.75) is 56.8 Å². The number of carboxylic acids is 1. The Morgan fingerprint density at radius 2 is 1.81 bits per heavy atom. The number of rotatable bonds is 3. The first-order chi connectivity index (χ1) is 9.79. The minimum Gasteiger partial charge on any atom is -0.480 e. The van der Waals surface area contributed by atoms with E-state index in [0.717, 1.165) is 16.2 Å². The first-order valence-electron chi connectivity index (χ1n) is 7.16. The number of carbonyl (C=O) groups excluding carboxylic acids is 1. The van der Waals surface area contributed by atoms with Crippen LogP contribution in [-0.2, 0) is 4.79 Å². The van der Waals surface area contributed by atoms with Crippen LogP contribution in [0.4, 0.5) is 18.0 Å². The van der Waals surface area contributed by atoms with Gasteiger partial charge in [0.15, 0.2) is 0 Å². The fraction of sp³-hybridized carbons (Fsp3) is 0.846. The zero-order valence-corrected chi connectivity index (χ0v) is 11.6. The van der Waals surface area contributed by atoms with Gasteiger partial charge in [0.1, 0.15) is 12.6 Å². The number of hydrogen-bond acceptors (Lipinski definition) is 2. The molecule has 2 aliphatic rings. The van der Waals surface area contributed by atoms with E-state index in [2.05, 4.69) is 0 Å². The second-order valence-corrected chi connectivity index (χ2v) is 5.65. The molecule has 1 atom stereocenters. The van der Waals surface area contributed by atoms with Crippen LogP contribution in [0.2, 0.25) is 0 Å². The second-order valence-electron chi connectivity index (χ2n) is 5.65. The van der Waals surface area contributed by atoms with Gasteiger partial charge in [0.2, 0.25) is 0 Å². The molecule has 1 saturated heterocycles. The minimum atomic E-state index is -4.47. The van der Waals surface area contributed by atoms with E-state index in [-0.39, 0.29) is 6.54 Å². The highest BCUT2D eigenvalue weighted by Crippen LogP contribution is 2.32. The summed E-state index contributed by atoms with van der Waals surface area (Å²) in [7, 11) is 0. The van der Waals surface area contributed by atoms with E-state index < -0.39 is 36.8 Å². The number of aliphatic carboxylic acids is 1. The highest BCUT2D eigenvalue weighted by atomic mass is 19.4. The van der Waals surface area contributed by atoms with Crippen LogP contribution in [0.3, 0.4) is 0 Å². The van der Waals surface area contributed by atoms with Gasteiger partial charge in [-0.05, 0) is 25.7 Å². The number of likely N-dealkylation sites (tertiary alicyclic amines) is 1. The molecule has 0 aromatic carbocycles. The molecule has 2 amide bonds. The molecule has 5 nitrogen and oxygen atoms in total. The van der Waals surface area contributed by atoms with Crippen molar-refractivity contribution in [3.63, 3.8) is 0 Å². The van der Waals surface area contributed by atoms with Gasteiger partial charge in [-0.1, -0.05) is 12.8 Å². The van der Waals surface area contributed by atoms with E-state index in [1.54, 1.807) is 0 Å². The van der Waals surface area contributed by atoms with Crippen molar-refractivity contribution in [3.8, 4) is 0 Å². The molecule has 2 fully saturated rings. The van der Waals surface area contributed by atoms with Crippen LogP contribution in [0.15, 0.2) is 0 Å². The quantitative estimate of drug-likeness (QED) is 0.871. The predicted octanol–water partition coefficient (Wildman–Crippen LogP) is 2.46. The van der Waals surface area contributed by atoms with Crippen LogP contribution in [0.5, 0.6) is 0 Å². The lowest BCUT2D eigenvalue weighted by atomic mass is 10.1. The van der Waals surface area contributed by atoms with E-state index in [1.807, 2.05) is 0 Å². The van der Waals surface area contributed by atoms with E-state index in [4.69, 9.17) is 0 Å². The SMILES string of the molecule is O=C(O)C1CCCCCN1C(=O)N(CC(F)(F)F)C1CC1. The Labute approximate surface area is 120 Å². The van der Waals surface area contributed by atoms with Gasteiger partial charge in [-0.15, -0.1) is 0 Å². The molecule has 1 aliphatic heterocycles. The first-order valence-corrected chi connectivity index (χ1v) is 7.16. The van der Waals surface area contributed by atoms with Crippen molar-refractivity contribution in [1.29, 1.82) is 0 Å². The van der Waals surface area contributed by atoms with Gasteiger partial charge in [-0.3, -0.25) is 0 Å². The maximum absolute atomic E-state index is 12.6. The van der Waals surface area contributed by atoms with Crippen LogP contribution >= 0.6 is 0 Å². The van der Waals surface area contributed by atoms with Crippen molar-refractivity contribution in [2.24, 2.45) is 0 Å². The molecular weight excluding hydrogens is 289 g/mol. The fourth-order valence-electron chi connectivity index (χ4n) is 2.69. The van der Waals surface area contributed by atoms with Crippen LogP contribution in [-0.4, -0.2) is 58.3 Å². The summed E-state index contributed by atoms with van der Waals surface area (Å²) >= 11 is 0. The number of amides is 2. The Kier molecular flexibility index (Phi) is 4.63. The number of hydrogen-bond donors (Lipinski definition) is 1. The molecule has 21 heavy (non-hydrogen) atoms. The fourth-order valence-corrected chi connectivity index (χ4v) is 2.69. The lowest BCUT2D eigenvalue weighted by Crippen LogP contribution is -2.53. The molecule has 1 heterocycles. The third-order valence-electron chi connectivity index (χ3n) is 3.87. The largest absolute Gasteiger partial charge is 0.480 e. The highest BCUT2D eigenvalue weighted by molar-refractivity contribution is 5.83. The van der Waals surface area contributed by atoms with E-state index in [0.29, 0.717) is 32.1 Å². The van der Waals surface area contributed by atoms with Crippen molar-refractivity contribution < 1.29 is 27.9 Å². The van der Waals surface area contributed by atoms with Gasteiger partial charge < -0.3 is 14.9 Å². The molecule has 1 saturated carbocycles. The summed E-state index contributed by atoms with van der Waals surface area (Å²) in [6, 6.07) is -2.21. The Balaban J connectivity index is 2.14. The molecule has 0 aromatic rings. The second kappa shape index (κ2) is 6.11. The minimum absolute atomic E-state index is 0.205. The third-order valence-corrected chi connectivity index (χ3v) is 3.87. The van der Waals surface area contributed by atoms with Crippen LogP contribution in [0.25, 0.3) is 0 Å². The summed E-state index contributed by atoms with van der Waals surface area (Å²) in [6.07, 6.45) is -0.991. The average molecular weight is 308 g/mol. The van der Waals surface area contributed by atoms with Gasteiger partial charge in [-0.2, -0.15) is 13.2 Å². The van der Waals surface area contributed by atoms with Crippen molar-refractivity contribution >= 4 is 12.0 Å². The Morgan fingerprint density at radius 1 is 1.14 bits per heavy atom. The molecule has 1 unspecified atom stereocenters. The molecule has 0 aromatic heterocycles. The van der Waals surface area contributed by atoms with Crippen LogP contribution in [0.1, 0.15) is 38.5 Å². The lowest BCUT2D eigenvalue weighted by molar-refractivity contribution is -0.145. The number of carbonyl (C=O) groups is 2. The number of nitrogens with zero attached hydrogens (tertiary/aromatic N) is 2.